The Morgan fingerprint density at radius 1 is 1.35 bits per heavy atom. The highest BCUT2D eigenvalue weighted by Gasteiger charge is 2.12. The summed E-state index contributed by atoms with van der Waals surface area (Å²) in [4.78, 5) is 4.58. The van der Waals surface area contributed by atoms with Crippen molar-refractivity contribution in [3.05, 3.63) is 34.8 Å². The molecule has 0 unspecified atom stereocenters. The van der Waals surface area contributed by atoms with Gasteiger partial charge in [-0.1, -0.05) is 31.2 Å². The summed E-state index contributed by atoms with van der Waals surface area (Å²) >= 11 is 1.56. The Bertz CT molecular complexity index is 508. The summed E-state index contributed by atoms with van der Waals surface area (Å²) in [5.74, 6) is 0. The Kier molecular flexibility index (Phi) is 3.76. The van der Waals surface area contributed by atoms with Crippen LogP contribution < -0.4 is 5.73 Å². The van der Waals surface area contributed by atoms with E-state index in [0.29, 0.717) is 6.61 Å². The molecule has 90 valence electrons. The zero-order valence-corrected chi connectivity index (χ0v) is 10.9. The van der Waals surface area contributed by atoms with Gasteiger partial charge in [-0.05, 0) is 12.0 Å². The van der Waals surface area contributed by atoms with Gasteiger partial charge in [-0.15, -0.1) is 11.3 Å². The Balaban J connectivity index is 2.47. The highest BCUT2D eigenvalue weighted by Crippen LogP contribution is 2.33. The molecule has 0 fully saturated rings. The fraction of sp³-hybridized carbons (Fsp3) is 0.308. The molecule has 0 aliphatic heterocycles. The second kappa shape index (κ2) is 5.29. The average molecular weight is 248 g/mol. The number of nitrogens with two attached hydrogens (primary N) is 1. The fourth-order valence-corrected chi connectivity index (χ4v) is 2.54. The van der Waals surface area contributed by atoms with Crippen LogP contribution in [0.25, 0.3) is 11.3 Å². The summed E-state index contributed by atoms with van der Waals surface area (Å²) < 4.78 is 5.20. The lowest BCUT2D eigenvalue weighted by atomic mass is 10.1. The maximum Gasteiger partial charge on any atom is 0.114 e. The van der Waals surface area contributed by atoms with E-state index < -0.39 is 0 Å². The van der Waals surface area contributed by atoms with Crippen molar-refractivity contribution in [2.24, 2.45) is 0 Å². The van der Waals surface area contributed by atoms with E-state index in [4.69, 9.17) is 10.5 Å². The summed E-state index contributed by atoms with van der Waals surface area (Å²) in [7, 11) is 1.69. The van der Waals surface area contributed by atoms with Crippen molar-refractivity contribution in [3.63, 3.8) is 0 Å². The highest BCUT2D eigenvalue weighted by molar-refractivity contribution is 7.16. The van der Waals surface area contributed by atoms with Gasteiger partial charge >= 0.3 is 0 Å². The lowest BCUT2D eigenvalue weighted by Gasteiger charge is -2.06. The first-order valence-corrected chi connectivity index (χ1v) is 6.40. The number of rotatable bonds is 4. The van der Waals surface area contributed by atoms with Crippen molar-refractivity contribution < 1.29 is 4.74 Å². The van der Waals surface area contributed by atoms with E-state index in [9.17, 15) is 0 Å². The average Bonchev–Trinajstić information content (AvgIpc) is 2.72. The molecule has 17 heavy (non-hydrogen) atoms. The van der Waals surface area contributed by atoms with Crippen LogP contribution in [0.1, 0.15) is 17.5 Å². The van der Waals surface area contributed by atoms with Crippen molar-refractivity contribution in [2.75, 3.05) is 12.8 Å². The molecule has 0 saturated carbocycles. The number of methoxy groups -OCH3 is 1. The zero-order valence-electron chi connectivity index (χ0n) is 10.1. The van der Waals surface area contributed by atoms with Gasteiger partial charge in [0.1, 0.15) is 10.7 Å². The quantitative estimate of drug-likeness (QED) is 0.904. The summed E-state index contributed by atoms with van der Waals surface area (Å²) in [5, 5.41) is 1.86. The normalized spacial score (nSPS) is 10.7. The van der Waals surface area contributed by atoms with Crippen LogP contribution in [-0.2, 0) is 17.8 Å². The van der Waals surface area contributed by atoms with Gasteiger partial charge in [-0.2, -0.15) is 0 Å². The van der Waals surface area contributed by atoms with Gasteiger partial charge in [-0.25, -0.2) is 4.98 Å². The summed E-state index contributed by atoms with van der Waals surface area (Å²) in [6.45, 7) is 2.66. The van der Waals surface area contributed by atoms with Gasteiger partial charge in [0.2, 0.25) is 0 Å². The monoisotopic (exact) mass is 248 g/mol. The molecule has 2 rings (SSSR count). The van der Waals surface area contributed by atoms with Crippen LogP contribution in [0.2, 0.25) is 0 Å². The SMILES string of the molecule is CCc1nc(-c2ccccc2COC)c(N)s1. The van der Waals surface area contributed by atoms with Crippen LogP contribution in [0, 0.1) is 0 Å². The molecule has 4 heteroatoms. The number of nitrogens with zero attached hydrogens (tertiary/aromatic N) is 1. The molecule has 3 nitrogen and oxygen atoms in total. The Morgan fingerprint density at radius 3 is 2.76 bits per heavy atom. The number of aryl methyl sites for hydroxylation is 1. The minimum Gasteiger partial charge on any atom is -0.389 e. The number of aromatic nitrogens is 1. The number of ether oxygens (including phenoxy) is 1. The van der Waals surface area contributed by atoms with Crippen LogP contribution in [0.3, 0.4) is 0 Å². The van der Waals surface area contributed by atoms with Gasteiger partial charge in [0, 0.05) is 12.7 Å². The van der Waals surface area contributed by atoms with Gasteiger partial charge < -0.3 is 10.5 Å². The molecule has 2 N–H and O–H groups in total. The maximum atomic E-state index is 6.03. The van der Waals surface area contributed by atoms with Crippen molar-refractivity contribution in [2.45, 2.75) is 20.0 Å². The molecule has 1 aromatic heterocycles. The number of thiazole rings is 1. The third kappa shape index (κ3) is 2.48. The van der Waals surface area contributed by atoms with Crippen molar-refractivity contribution in [1.82, 2.24) is 4.98 Å². The Hall–Kier alpha value is -1.39. The highest BCUT2D eigenvalue weighted by atomic mass is 32.1. The number of anilines is 1. The smallest absolute Gasteiger partial charge is 0.114 e. The first kappa shape index (κ1) is 12.1. The zero-order chi connectivity index (χ0) is 12.3. The number of hydrogen-bond acceptors (Lipinski definition) is 4. The van der Waals surface area contributed by atoms with E-state index in [1.54, 1.807) is 18.4 Å². The van der Waals surface area contributed by atoms with E-state index >= 15 is 0 Å². The fourth-order valence-electron chi connectivity index (χ4n) is 1.75. The first-order valence-electron chi connectivity index (χ1n) is 5.58. The van der Waals surface area contributed by atoms with Gasteiger partial charge in [-0.3, -0.25) is 0 Å². The van der Waals surface area contributed by atoms with Gasteiger partial charge in [0.25, 0.3) is 0 Å². The van der Waals surface area contributed by atoms with Crippen molar-refractivity contribution in [1.29, 1.82) is 0 Å². The molecule has 0 radical (unpaired) electrons. The lowest BCUT2D eigenvalue weighted by molar-refractivity contribution is 0.185. The first-order chi connectivity index (χ1) is 8.26. The third-order valence-corrected chi connectivity index (χ3v) is 3.60. The molecule has 0 aliphatic rings. The van der Waals surface area contributed by atoms with E-state index in [0.717, 1.165) is 33.3 Å². The molecule has 0 saturated heterocycles. The second-order valence-electron chi connectivity index (χ2n) is 3.76. The molecule has 0 bridgehead atoms. The van der Waals surface area contributed by atoms with Crippen molar-refractivity contribution in [3.8, 4) is 11.3 Å². The van der Waals surface area contributed by atoms with Crippen LogP contribution in [0.4, 0.5) is 5.00 Å². The van der Waals surface area contributed by atoms with Crippen LogP contribution in [-0.4, -0.2) is 12.1 Å². The largest absolute Gasteiger partial charge is 0.389 e. The third-order valence-electron chi connectivity index (χ3n) is 2.57. The van der Waals surface area contributed by atoms with E-state index in [-0.39, 0.29) is 0 Å². The minimum absolute atomic E-state index is 0.578. The van der Waals surface area contributed by atoms with Crippen LogP contribution >= 0.6 is 11.3 Å². The molecule has 1 aromatic carbocycles. The number of nitrogen functional groups attached to an aromatic ring is 1. The van der Waals surface area contributed by atoms with E-state index in [1.807, 2.05) is 24.3 Å². The molecular formula is C13H16N2OS. The summed E-state index contributed by atoms with van der Waals surface area (Å²) in [6, 6.07) is 8.09. The van der Waals surface area contributed by atoms with Gasteiger partial charge in [0.15, 0.2) is 0 Å². The van der Waals surface area contributed by atoms with Gasteiger partial charge in [0.05, 0.1) is 11.6 Å². The molecular weight excluding hydrogens is 232 g/mol. The van der Waals surface area contributed by atoms with Crippen LogP contribution in [0.15, 0.2) is 24.3 Å². The maximum absolute atomic E-state index is 6.03. The molecule has 1 heterocycles. The van der Waals surface area contributed by atoms with Crippen LogP contribution in [0.5, 0.6) is 0 Å². The van der Waals surface area contributed by atoms with Crippen molar-refractivity contribution >= 4 is 16.3 Å². The topological polar surface area (TPSA) is 48.1 Å². The molecule has 2 aromatic rings. The Morgan fingerprint density at radius 2 is 2.12 bits per heavy atom. The lowest BCUT2D eigenvalue weighted by Crippen LogP contribution is -1.94. The summed E-state index contributed by atoms with van der Waals surface area (Å²) in [5.41, 5.74) is 9.11. The molecule has 0 spiro atoms. The second-order valence-corrected chi connectivity index (χ2v) is 4.88. The molecule has 0 atom stereocenters. The van der Waals surface area contributed by atoms with E-state index in [2.05, 4.69) is 11.9 Å². The predicted octanol–water partition coefficient (Wildman–Crippen LogP) is 3.10. The summed E-state index contributed by atoms with van der Waals surface area (Å²) in [6.07, 6.45) is 0.918. The predicted molar refractivity (Wildman–Crippen MR) is 72.1 cm³/mol. The standard InChI is InChI=1S/C13H16N2OS/c1-3-11-15-12(13(14)17-11)10-7-5-4-6-9(10)8-16-2/h4-7H,3,8,14H2,1-2H3. The minimum atomic E-state index is 0.578. The molecule has 0 amide bonds. The number of hydrogen-bond donors (Lipinski definition) is 1. The number of benzene rings is 1. The van der Waals surface area contributed by atoms with E-state index in [1.165, 1.54) is 0 Å². The Labute approximate surface area is 105 Å². The molecule has 0 aliphatic carbocycles.